The van der Waals surface area contributed by atoms with E-state index in [0.717, 1.165) is 8.45 Å². The first-order valence-corrected chi connectivity index (χ1v) is 6.59. The number of anilines is 1. The number of aryl methyl sites for hydroxylation is 1. The van der Waals surface area contributed by atoms with Gasteiger partial charge in [0.15, 0.2) is 0 Å². The van der Waals surface area contributed by atoms with Gasteiger partial charge in [0.2, 0.25) is 0 Å². The normalized spacial score (nSPS) is 10.1. The van der Waals surface area contributed by atoms with Crippen molar-refractivity contribution in [2.24, 2.45) is 0 Å². The molecule has 0 unspecified atom stereocenters. The van der Waals surface area contributed by atoms with Crippen LogP contribution < -0.4 is 5.32 Å². The van der Waals surface area contributed by atoms with Crippen molar-refractivity contribution in [3.05, 3.63) is 43.8 Å². The molecule has 0 aromatic carbocycles. The number of hydrogen-bond donors (Lipinski definition) is 1. The molecule has 0 aliphatic carbocycles. The summed E-state index contributed by atoms with van der Waals surface area (Å²) in [7, 11) is 0. The van der Waals surface area contributed by atoms with Crippen molar-refractivity contribution in [3.8, 4) is 0 Å². The summed E-state index contributed by atoms with van der Waals surface area (Å²) in [6.07, 6.45) is 1.73. The molecule has 82 valence electrons. The van der Waals surface area contributed by atoms with Crippen LogP contribution in [0, 0.1) is 9.81 Å². The second-order valence-electron chi connectivity index (χ2n) is 3.31. The number of pyridine rings is 1. The standard InChI is InChI=1S/C11H9IN2OS/c1-7-2-3-10(13-5-7)14-11(15)8-4-9(12)16-6-8/h2-6H,1H3,(H,13,14,15). The van der Waals surface area contributed by atoms with Gasteiger partial charge < -0.3 is 5.32 Å². The summed E-state index contributed by atoms with van der Waals surface area (Å²) in [5.41, 5.74) is 1.75. The monoisotopic (exact) mass is 344 g/mol. The molecule has 0 saturated carbocycles. The zero-order valence-corrected chi connectivity index (χ0v) is 11.5. The number of hydrogen-bond acceptors (Lipinski definition) is 3. The van der Waals surface area contributed by atoms with Crippen LogP contribution in [-0.2, 0) is 0 Å². The molecule has 2 aromatic heterocycles. The lowest BCUT2D eigenvalue weighted by Gasteiger charge is -2.02. The van der Waals surface area contributed by atoms with Gasteiger partial charge in [-0.3, -0.25) is 4.79 Å². The van der Waals surface area contributed by atoms with Gasteiger partial charge in [0, 0.05) is 11.6 Å². The molecule has 0 atom stereocenters. The van der Waals surface area contributed by atoms with Gasteiger partial charge in [-0.2, -0.15) is 0 Å². The molecule has 5 heteroatoms. The Morgan fingerprint density at radius 2 is 2.31 bits per heavy atom. The van der Waals surface area contributed by atoms with Gasteiger partial charge in [0.25, 0.3) is 5.91 Å². The van der Waals surface area contributed by atoms with Gasteiger partial charge in [-0.15, -0.1) is 11.3 Å². The first-order chi connectivity index (χ1) is 7.65. The highest BCUT2D eigenvalue weighted by Crippen LogP contribution is 2.17. The smallest absolute Gasteiger partial charge is 0.257 e. The lowest BCUT2D eigenvalue weighted by Crippen LogP contribution is -2.11. The summed E-state index contributed by atoms with van der Waals surface area (Å²) in [5, 5.41) is 4.59. The van der Waals surface area contributed by atoms with Crippen molar-refractivity contribution in [3.63, 3.8) is 0 Å². The molecule has 3 nitrogen and oxygen atoms in total. The highest BCUT2D eigenvalue weighted by Gasteiger charge is 2.08. The molecule has 2 heterocycles. The van der Waals surface area contributed by atoms with Crippen LogP contribution >= 0.6 is 33.9 Å². The Morgan fingerprint density at radius 1 is 1.50 bits per heavy atom. The van der Waals surface area contributed by atoms with Gasteiger partial charge in [0.1, 0.15) is 5.82 Å². The van der Waals surface area contributed by atoms with E-state index >= 15 is 0 Å². The summed E-state index contributed by atoms with van der Waals surface area (Å²) in [6.45, 7) is 1.96. The highest BCUT2D eigenvalue weighted by molar-refractivity contribution is 14.1. The summed E-state index contributed by atoms with van der Waals surface area (Å²) in [4.78, 5) is 15.9. The Balaban J connectivity index is 2.10. The Bertz CT molecular complexity index is 507. The molecule has 0 spiro atoms. The molecule has 0 fully saturated rings. The maximum absolute atomic E-state index is 11.8. The zero-order valence-electron chi connectivity index (χ0n) is 8.53. The fourth-order valence-corrected chi connectivity index (χ4v) is 2.49. The molecular formula is C11H9IN2OS. The average molecular weight is 344 g/mol. The largest absolute Gasteiger partial charge is 0.307 e. The number of thiophene rings is 1. The van der Waals surface area contributed by atoms with E-state index in [1.54, 1.807) is 23.6 Å². The third kappa shape index (κ3) is 2.79. The number of carbonyl (C=O) groups is 1. The Hall–Kier alpha value is -0.950. The first-order valence-electron chi connectivity index (χ1n) is 4.63. The van der Waals surface area contributed by atoms with E-state index in [0.29, 0.717) is 11.4 Å². The number of halogens is 1. The van der Waals surface area contributed by atoms with Crippen LogP contribution in [0.15, 0.2) is 29.8 Å². The number of rotatable bonds is 2. The molecular weight excluding hydrogens is 335 g/mol. The highest BCUT2D eigenvalue weighted by atomic mass is 127. The molecule has 2 rings (SSSR count). The molecule has 16 heavy (non-hydrogen) atoms. The van der Waals surface area contributed by atoms with Crippen LogP contribution in [0.25, 0.3) is 0 Å². The molecule has 0 radical (unpaired) electrons. The number of amides is 1. The number of nitrogens with one attached hydrogen (secondary N) is 1. The van der Waals surface area contributed by atoms with E-state index in [-0.39, 0.29) is 5.91 Å². The molecule has 0 bridgehead atoms. The summed E-state index contributed by atoms with van der Waals surface area (Å²) in [5.74, 6) is 0.465. The summed E-state index contributed by atoms with van der Waals surface area (Å²) < 4.78 is 1.10. The average Bonchev–Trinajstić information content (AvgIpc) is 2.68. The minimum Gasteiger partial charge on any atom is -0.307 e. The second kappa shape index (κ2) is 4.92. The zero-order chi connectivity index (χ0) is 11.5. The molecule has 1 N–H and O–H groups in total. The number of aromatic nitrogens is 1. The first kappa shape index (κ1) is 11.5. The van der Waals surface area contributed by atoms with Crippen molar-refractivity contribution in [1.82, 2.24) is 4.98 Å². The van der Waals surface area contributed by atoms with Crippen LogP contribution in [-0.4, -0.2) is 10.9 Å². The SMILES string of the molecule is Cc1ccc(NC(=O)c2csc(I)c2)nc1. The van der Waals surface area contributed by atoms with Crippen LogP contribution in [0.5, 0.6) is 0 Å². The van der Waals surface area contributed by atoms with E-state index in [2.05, 4.69) is 32.9 Å². The molecule has 0 aliphatic rings. The van der Waals surface area contributed by atoms with Crippen LogP contribution in [0.4, 0.5) is 5.82 Å². The van der Waals surface area contributed by atoms with Crippen LogP contribution in [0.3, 0.4) is 0 Å². The third-order valence-corrected chi connectivity index (χ3v) is 3.77. The van der Waals surface area contributed by atoms with Gasteiger partial charge in [-0.25, -0.2) is 4.98 Å². The third-order valence-electron chi connectivity index (χ3n) is 1.98. The molecule has 1 amide bonds. The van der Waals surface area contributed by atoms with Gasteiger partial charge in [-0.1, -0.05) is 6.07 Å². The van der Waals surface area contributed by atoms with E-state index in [1.807, 2.05) is 24.4 Å². The van der Waals surface area contributed by atoms with Crippen molar-refractivity contribution in [1.29, 1.82) is 0 Å². The maximum atomic E-state index is 11.8. The van der Waals surface area contributed by atoms with Crippen molar-refractivity contribution >= 4 is 45.7 Å². The minimum atomic E-state index is -0.115. The van der Waals surface area contributed by atoms with Crippen molar-refractivity contribution in [2.75, 3.05) is 5.32 Å². The predicted molar refractivity (Wildman–Crippen MR) is 74.0 cm³/mol. The topological polar surface area (TPSA) is 42.0 Å². The fraction of sp³-hybridized carbons (Fsp3) is 0.0909. The number of nitrogens with zero attached hydrogens (tertiary/aromatic N) is 1. The number of carbonyl (C=O) groups excluding carboxylic acids is 1. The van der Waals surface area contributed by atoms with Crippen LogP contribution in [0.2, 0.25) is 0 Å². The van der Waals surface area contributed by atoms with E-state index in [9.17, 15) is 4.79 Å². The summed E-state index contributed by atoms with van der Waals surface area (Å²) in [6, 6.07) is 5.57. The quantitative estimate of drug-likeness (QED) is 0.850. The van der Waals surface area contributed by atoms with Crippen molar-refractivity contribution in [2.45, 2.75) is 6.92 Å². The molecule has 2 aromatic rings. The van der Waals surface area contributed by atoms with Crippen LogP contribution in [0.1, 0.15) is 15.9 Å². The summed E-state index contributed by atoms with van der Waals surface area (Å²) >= 11 is 3.74. The predicted octanol–water partition coefficient (Wildman–Crippen LogP) is 3.31. The molecule has 0 aliphatic heterocycles. The second-order valence-corrected chi connectivity index (χ2v) is 6.12. The lowest BCUT2D eigenvalue weighted by atomic mass is 10.3. The van der Waals surface area contributed by atoms with E-state index < -0.39 is 0 Å². The Kier molecular flexibility index (Phi) is 3.55. The van der Waals surface area contributed by atoms with Gasteiger partial charge in [0.05, 0.1) is 8.45 Å². The lowest BCUT2D eigenvalue weighted by molar-refractivity contribution is 0.102. The van der Waals surface area contributed by atoms with Gasteiger partial charge >= 0.3 is 0 Å². The minimum absolute atomic E-state index is 0.115. The maximum Gasteiger partial charge on any atom is 0.257 e. The Labute approximate surface area is 111 Å². The van der Waals surface area contributed by atoms with Crippen molar-refractivity contribution < 1.29 is 4.79 Å². The molecule has 0 saturated heterocycles. The fourth-order valence-electron chi connectivity index (χ4n) is 1.16. The van der Waals surface area contributed by atoms with Gasteiger partial charge in [-0.05, 0) is 47.2 Å². The van der Waals surface area contributed by atoms with E-state index in [4.69, 9.17) is 0 Å². The van der Waals surface area contributed by atoms with E-state index in [1.165, 1.54) is 0 Å². The Morgan fingerprint density at radius 3 is 2.88 bits per heavy atom.